The number of fused-ring (bicyclic) bond motifs is 2. The number of benzene rings is 2. The van der Waals surface area contributed by atoms with Gasteiger partial charge in [-0.1, -0.05) is 38.8 Å². The first-order valence-electron chi connectivity index (χ1n) is 18.4. The number of anilines is 6. The van der Waals surface area contributed by atoms with Gasteiger partial charge in [0.15, 0.2) is 0 Å². The Bertz CT molecular complexity index is 1940. The van der Waals surface area contributed by atoms with E-state index in [0.29, 0.717) is 0 Å². The molecule has 0 spiro atoms. The van der Waals surface area contributed by atoms with Gasteiger partial charge in [-0.3, -0.25) is 8.78 Å². The van der Waals surface area contributed by atoms with E-state index in [4.69, 9.17) is 0 Å². The van der Waals surface area contributed by atoms with Crippen LogP contribution in [0.3, 0.4) is 0 Å². The molecule has 300 valence electrons. The summed E-state index contributed by atoms with van der Waals surface area (Å²) in [7, 11) is 0. The Morgan fingerprint density at radius 3 is 1.43 bits per heavy atom. The molecule has 0 bridgehead atoms. The van der Waals surface area contributed by atoms with Gasteiger partial charge in [0.2, 0.25) is 0 Å². The Kier molecular flexibility index (Phi) is 15.8. The van der Waals surface area contributed by atoms with Crippen LogP contribution in [0.5, 0.6) is 0 Å². The van der Waals surface area contributed by atoms with Gasteiger partial charge in [0.1, 0.15) is 11.6 Å². The van der Waals surface area contributed by atoms with Crippen molar-refractivity contribution in [3.8, 4) is 0 Å². The van der Waals surface area contributed by atoms with Gasteiger partial charge in [-0.15, -0.1) is 59.2 Å². The van der Waals surface area contributed by atoms with Crippen LogP contribution in [0.4, 0.5) is 43.2 Å². The summed E-state index contributed by atoms with van der Waals surface area (Å²) < 4.78 is 26.4. The fourth-order valence-electron chi connectivity index (χ4n) is 6.57. The Morgan fingerprint density at radius 1 is 0.607 bits per heavy atom. The van der Waals surface area contributed by atoms with Gasteiger partial charge in [0.25, 0.3) is 0 Å². The molecule has 0 amide bonds. The van der Waals surface area contributed by atoms with E-state index >= 15 is 0 Å². The maximum Gasteiger partial charge on any atom is 0.124 e. The second-order valence-electron chi connectivity index (χ2n) is 13.4. The summed E-state index contributed by atoms with van der Waals surface area (Å²) in [5.74, 6) is 1.12. The van der Waals surface area contributed by atoms with Gasteiger partial charge in [-0.2, -0.15) is 25.5 Å². The molecule has 2 aliphatic rings. The van der Waals surface area contributed by atoms with Crippen LogP contribution in [0.1, 0.15) is 61.3 Å². The summed E-state index contributed by atoms with van der Waals surface area (Å²) in [5, 5.41) is 16.4. The van der Waals surface area contributed by atoms with E-state index in [-0.39, 0.29) is 53.8 Å². The molecule has 2 aromatic carbocycles. The number of halogens is 2. The first kappa shape index (κ1) is 42.7. The summed E-state index contributed by atoms with van der Waals surface area (Å²) in [6.07, 6.45) is 12.1. The topological polar surface area (TPSA) is 92.7 Å². The number of hydrogen-bond acceptors (Lipinski definition) is 8. The Hall–Kier alpha value is -4.40. The maximum absolute atomic E-state index is 13.2. The average Bonchev–Trinajstić information content (AvgIpc) is 3.98. The number of hydrogen-bond donors (Lipinski definition) is 0. The van der Waals surface area contributed by atoms with Crippen molar-refractivity contribution in [2.24, 2.45) is 0 Å². The van der Waals surface area contributed by atoms with Crippen LogP contribution in [-0.2, 0) is 55.0 Å². The molecule has 0 saturated heterocycles. The predicted octanol–water partition coefficient (Wildman–Crippen LogP) is 8.34. The number of unbranched alkanes of at least 4 members (excludes halogenated alkanes) is 4. The van der Waals surface area contributed by atoms with Crippen molar-refractivity contribution in [2.75, 3.05) is 32.7 Å². The van der Waals surface area contributed by atoms with Gasteiger partial charge >= 0.3 is 0 Å². The fraction of sp³-hybridized carbons (Fsp3) is 0.286. The zero-order valence-corrected chi connectivity index (χ0v) is 35.7. The normalized spacial score (nSPS) is 12.8. The van der Waals surface area contributed by atoms with Crippen LogP contribution in [0.15, 0.2) is 85.2 Å². The minimum Gasteiger partial charge on any atom is -0.579 e. The van der Waals surface area contributed by atoms with Gasteiger partial charge in [-0.05, 0) is 75.9 Å². The molecule has 0 N–H and O–H groups in total. The largest absolute Gasteiger partial charge is 0.579 e. The van der Waals surface area contributed by atoms with Gasteiger partial charge in [0, 0.05) is 88.9 Å². The van der Waals surface area contributed by atoms with Crippen LogP contribution < -0.4 is 29.8 Å². The molecule has 0 unspecified atom stereocenters. The molecular weight excluding hydrogens is 1070 g/mol. The number of aryl methyl sites for hydroxylation is 4. The molecule has 10 nitrogen and oxygen atoms in total. The Labute approximate surface area is 356 Å². The minimum absolute atomic E-state index is 0. The van der Waals surface area contributed by atoms with E-state index in [2.05, 4.69) is 64.4 Å². The molecule has 4 aromatic heterocycles. The van der Waals surface area contributed by atoms with E-state index in [1.54, 1.807) is 24.5 Å². The van der Waals surface area contributed by atoms with Crippen molar-refractivity contribution in [1.29, 1.82) is 0 Å². The standard InChI is InChI=1S/2C21H21FN5.2Pt/c2*1-16-14-18(25-24-16)6-3-2-4-13-26-15-27(19-10-8-17(22)9-11-19)21-20(26)7-5-12-23-21;;/h2*5,7-10,12,14-15H,2-4,6,13H2,1H3;;/q2*-3;;. The summed E-state index contributed by atoms with van der Waals surface area (Å²) in [6, 6.07) is 27.1. The molecule has 2 aliphatic heterocycles. The van der Waals surface area contributed by atoms with E-state index in [9.17, 15) is 8.78 Å². The monoisotopic (exact) mass is 1110 g/mol. The maximum atomic E-state index is 13.2. The molecule has 0 radical (unpaired) electrons. The van der Waals surface area contributed by atoms with E-state index in [1.165, 1.54) is 24.3 Å². The number of rotatable bonds is 14. The second kappa shape index (κ2) is 20.7. The summed E-state index contributed by atoms with van der Waals surface area (Å²) >= 11 is 0. The third-order valence-corrected chi connectivity index (χ3v) is 9.24. The molecule has 56 heavy (non-hydrogen) atoms. The first-order valence-corrected chi connectivity index (χ1v) is 18.4. The van der Waals surface area contributed by atoms with Crippen molar-refractivity contribution in [3.63, 3.8) is 0 Å². The van der Waals surface area contributed by atoms with Gasteiger partial charge in [0.05, 0.1) is 0 Å². The number of nitrogens with zero attached hydrogens (tertiary/aromatic N) is 10. The van der Waals surface area contributed by atoms with Crippen LogP contribution >= 0.6 is 0 Å². The summed E-state index contributed by atoms with van der Waals surface area (Å²) in [6.45, 7) is 9.79. The van der Waals surface area contributed by atoms with Crippen molar-refractivity contribution in [2.45, 2.75) is 65.2 Å². The molecule has 0 fully saturated rings. The Morgan fingerprint density at radius 2 is 1.05 bits per heavy atom. The quantitative estimate of drug-likeness (QED) is 0.0784. The van der Waals surface area contributed by atoms with E-state index in [1.807, 2.05) is 61.3 Å². The van der Waals surface area contributed by atoms with Crippen molar-refractivity contribution in [1.82, 2.24) is 30.4 Å². The van der Waals surface area contributed by atoms with Crippen LogP contribution in [0.25, 0.3) is 0 Å². The molecule has 0 saturated carbocycles. The molecule has 6 heterocycles. The van der Waals surface area contributed by atoms with E-state index in [0.717, 1.165) is 122 Å². The van der Waals surface area contributed by atoms with Gasteiger partial charge < -0.3 is 40.0 Å². The summed E-state index contributed by atoms with van der Waals surface area (Å²) in [5.41, 5.74) is 7.81. The smallest absolute Gasteiger partial charge is 0.124 e. The molecule has 8 rings (SSSR count). The Balaban J connectivity index is 0.000000207. The number of pyridine rings is 2. The zero-order chi connectivity index (χ0) is 37.3. The fourth-order valence-corrected chi connectivity index (χ4v) is 6.57. The third kappa shape index (κ3) is 10.9. The second-order valence-corrected chi connectivity index (χ2v) is 13.4. The van der Waals surface area contributed by atoms with Crippen molar-refractivity contribution < 1.29 is 50.9 Å². The van der Waals surface area contributed by atoms with Crippen LogP contribution in [0, 0.1) is 51.0 Å². The SMILES string of the molecule is Cc1cc(CCCCCN2[CH-]N(c3[c-]cc(F)cc3)c3ncccc32)n[n-]1.Cc1cc(CCCCCN2[CH-]N(c3[c-]cc(F)cc3)c3ncccc32)n[n-]1.[Pt].[Pt]. The molecular formula is C42H42F2N10Pt2-6. The van der Waals surface area contributed by atoms with E-state index < -0.39 is 0 Å². The first-order chi connectivity index (χ1) is 26.4. The molecule has 0 atom stereocenters. The van der Waals surface area contributed by atoms with Crippen LogP contribution in [0.2, 0.25) is 0 Å². The van der Waals surface area contributed by atoms with Crippen molar-refractivity contribution in [3.05, 3.63) is 145 Å². The van der Waals surface area contributed by atoms with Crippen LogP contribution in [-0.4, -0.2) is 33.3 Å². The van der Waals surface area contributed by atoms with Crippen molar-refractivity contribution >= 4 is 34.4 Å². The summed E-state index contributed by atoms with van der Waals surface area (Å²) in [4.78, 5) is 17.3. The minimum atomic E-state index is -0.291. The third-order valence-electron chi connectivity index (χ3n) is 9.24. The molecule has 0 aliphatic carbocycles. The predicted molar refractivity (Wildman–Crippen MR) is 206 cm³/mol. The average molecular weight is 1120 g/mol. The zero-order valence-electron chi connectivity index (χ0n) is 31.2. The molecule has 6 aromatic rings. The molecule has 14 heteroatoms. The number of aromatic nitrogens is 6. The van der Waals surface area contributed by atoms with Gasteiger partial charge in [-0.25, -0.2) is 9.97 Å².